The van der Waals surface area contributed by atoms with Crippen LogP contribution in [-0.2, 0) is 16.1 Å². The number of nitrogens with one attached hydrogen (secondary N) is 4. The zero-order chi connectivity index (χ0) is 38.2. The second-order valence-corrected chi connectivity index (χ2v) is 14.2. The summed E-state index contributed by atoms with van der Waals surface area (Å²) < 4.78 is 16.3. The lowest BCUT2D eigenvalue weighted by Gasteiger charge is -2.28. The van der Waals surface area contributed by atoms with Gasteiger partial charge in [-0.1, -0.05) is 57.2 Å². The molecule has 3 amide bonds. The molecule has 3 aromatic carbocycles. The predicted octanol–water partition coefficient (Wildman–Crippen LogP) is 7.38. The highest BCUT2D eigenvalue weighted by molar-refractivity contribution is 6.11. The maximum Gasteiger partial charge on any atom is 0.413 e. The number of carbonyl (C=O) groups excluding carboxylic acids is 4. The first-order chi connectivity index (χ1) is 24.4. The highest BCUT2D eigenvalue weighted by Crippen LogP contribution is 2.32. The minimum atomic E-state index is -0.793. The molecule has 0 aliphatic rings. The second-order valence-electron chi connectivity index (χ2n) is 14.2. The van der Waals surface area contributed by atoms with Crippen LogP contribution in [0.5, 0.6) is 5.75 Å². The molecule has 4 aromatic rings. The molecular weight excluding hydrogens is 662 g/mol. The maximum absolute atomic E-state index is 13.9. The first-order valence-electron chi connectivity index (χ1n) is 16.7. The summed E-state index contributed by atoms with van der Waals surface area (Å²) in [7, 11) is 1.47. The Labute approximate surface area is 303 Å². The maximum atomic E-state index is 13.9. The van der Waals surface area contributed by atoms with Crippen LogP contribution in [0.25, 0.3) is 11.1 Å². The zero-order valence-corrected chi connectivity index (χ0v) is 30.7. The van der Waals surface area contributed by atoms with Crippen LogP contribution in [0.3, 0.4) is 0 Å². The van der Waals surface area contributed by atoms with Crippen molar-refractivity contribution in [2.24, 2.45) is 5.41 Å². The lowest BCUT2D eigenvalue weighted by Crippen LogP contribution is -2.41. The number of carbonyl (C=O) groups is 4. The first-order valence-corrected chi connectivity index (χ1v) is 16.7. The first kappa shape index (κ1) is 38.8. The molecule has 0 saturated heterocycles. The Hall–Kier alpha value is -6.04. The molecule has 4 N–H and O–H groups in total. The van der Waals surface area contributed by atoms with Crippen molar-refractivity contribution in [1.29, 1.82) is 5.41 Å². The molecule has 1 heterocycles. The van der Waals surface area contributed by atoms with Crippen LogP contribution < -0.4 is 20.7 Å². The Morgan fingerprint density at radius 1 is 0.827 bits per heavy atom. The van der Waals surface area contributed by atoms with Gasteiger partial charge in [-0.15, -0.1) is 0 Å². The van der Waals surface area contributed by atoms with Crippen LogP contribution in [0.4, 0.5) is 10.5 Å². The molecule has 1 aromatic heterocycles. The van der Waals surface area contributed by atoms with Crippen molar-refractivity contribution in [3.05, 3.63) is 113 Å². The van der Waals surface area contributed by atoms with Crippen LogP contribution >= 0.6 is 0 Å². The number of amides is 3. The van der Waals surface area contributed by atoms with Gasteiger partial charge in [0.15, 0.2) is 5.84 Å². The number of methoxy groups -OCH3 is 1. The minimum Gasteiger partial charge on any atom is -0.497 e. The summed E-state index contributed by atoms with van der Waals surface area (Å²) in [4.78, 5) is 57.3. The zero-order valence-electron chi connectivity index (χ0n) is 30.7. The lowest BCUT2D eigenvalue weighted by atomic mass is 9.87. The number of alkyl carbamates (subject to hydrolysis) is 1. The Balaban J connectivity index is 1.67. The van der Waals surface area contributed by atoms with Gasteiger partial charge in [-0.25, -0.2) is 9.59 Å². The molecule has 0 fully saturated rings. The molecule has 0 radical (unpaired) electrons. The topological polar surface area (TPSA) is 169 Å². The summed E-state index contributed by atoms with van der Waals surface area (Å²) >= 11 is 0. The normalized spacial score (nSPS) is 11.8. The van der Waals surface area contributed by atoms with Crippen LogP contribution in [0.15, 0.2) is 85.1 Å². The molecule has 0 aliphatic carbocycles. The predicted molar refractivity (Wildman–Crippen MR) is 199 cm³/mol. The van der Waals surface area contributed by atoms with E-state index in [4.69, 9.17) is 19.6 Å². The molecule has 0 bridgehead atoms. The monoisotopic (exact) mass is 707 g/mol. The fourth-order valence-corrected chi connectivity index (χ4v) is 4.74. The summed E-state index contributed by atoms with van der Waals surface area (Å²) in [5.41, 5.74) is 1.54. The van der Waals surface area contributed by atoms with Gasteiger partial charge < -0.3 is 24.8 Å². The smallest absolute Gasteiger partial charge is 0.413 e. The highest BCUT2D eigenvalue weighted by atomic mass is 16.6. The van der Waals surface area contributed by atoms with Gasteiger partial charge >= 0.3 is 12.1 Å². The van der Waals surface area contributed by atoms with E-state index in [0.29, 0.717) is 22.6 Å². The number of nitrogens with zero attached hydrogens (tertiary/aromatic N) is 1. The summed E-state index contributed by atoms with van der Waals surface area (Å²) in [5, 5.41) is 16.3. The van der Waals surface area contributed by atoms with Crippen LogP contribution in [-0.4, -0.2) is 53.4 Å². The fraction of sp³-hybridized carbons (Fsp3) is 0.300. The number of aromatic nitrogens is 1. The van der Waals surface area contributed by atoms with E-state index in [2.05, 4.69) is 20.9 Å². The lowest BCUT2D eigenvalue weighted by molar-refractivity contribution is 0.0472. The number of hydrogen-bond donors (Lipinski definition) is 4. The number of hydrogen-bond acceptors (Lipinski definition) is 9. The summed E-state index contributed by atoms with van der Waals surface area (Å²) in [6.07, 6.45) is 0.551. The molecule has 0 saturated carbocycles. The molecule has 1 unspecified atom stereocenters. The summed E-state index contributed by atoms with van der Waals surface area (Å²) in [6, 6.07) is 21.6. The van der Waals surface area contributed by atoms with Crippen LogP contribution in [0.2, 0.25) is 0 Å². The van der Waals surface area contributed by atoms with Gasteiger partial charge in [-0.05, 0) is 92.3 Å². The average Bonchev–Trinajstić information content (AvgIpc) is 3.09. The molecule has 12 heteroatoms. The molecule has 52 heavy (non-hydrogen) atoms. The third-order valence-corrected chi connectivity index (χ3v) is 8.03. The highest BCUT2D eigenvalue weighted by Gasteiger charge is 2.26. The van der Waals surface area contributed by atoms with Crippen molar-refractivity contribution >= 4 is 35.4 Å². The Morgan fingerprint density at radius 2 is 1.50 bits per heavy atom. The van der Waals surface area contributed by atoms with Gasteiger partial charge in [-0.3, -0.25) is 25.3 Å². The number of esters is 1. The molecule has 4 rings (SSSR count). The van der Waals surface area contributed by atoms with Crippen molar-refractivity contribution < 1.29 is 33.4 Å². The molecule has 0 spiro atoms. The quantitative estimate of drug-likeness (QED) is 0.0752. The van der Waals surface area contributed by atoms with E-state index in [1.165, 1.54) is 37.6 Å². The molecule has 12 nitrogen and oxygen atoms in total. The molecule has 272 valence electrons. The Kier molecular flexibility index (Phi) is 12.2. The number of ether oxygens (including phenoxy) is 3. The van der Waals surface area contributed by atoms with Crippen molar-refractivity contribution in [3.63, 3.8) is 0 Å². The average molecular weight is 708 g/mol. The molecular formula is C40H45N5O7. The molecule has 1 atom stereocenters. The largest absolute Gasteiger partial charge is 0.497 e. The van der Waals surface area contributed by atoms with Gasteiger partial charge in [0.25, 0.3) is 11.8 Å². The summed E-state index contributed by atoms with van der Waals surface area (Å²) in [5.74, 6) is -1.47. The van der Waals surface area contributed by atoms with Crippen LogP contribution in [0, 0.1) is 10.8 Å². The van der Waals surface area contributed by atoms with E-state index in [0.717, 1.165) is 5.56 Å². The van der Waals surface area contributed by atoms with E-state index in [1.807, 2.05) is 58.0 Å². The molecule has 0 aliphatic heterocycles. The number of rotatable bonds is 10. The SMILES string of the molecule is COc1ccc(-c2ccc(C(=O)NC(C)C(C)(C)C)cc2C(=O)OCc2ccccc2)c(C(=O)Nc2ccc(C(=N)NC(=O)OC(C)(C)C)nc2)c1. The van der Waals surface area contributed by atoms with Crippen LogP contribution in [0.1, 0.15) is 90.8 Å². The van der Waals surface area contributed by atoms with Gasteiger partial charge in [-0.2, -0.15) is 0 Å². The van der Waals surface area contributed by atoms with E-state index in [-0.39, 0.29) is 52.2 Å². The van der Waals surface area contributed by atoms with Crippen molar-refractivity contribution in [1.82, 2.24) is 15.6 Å². The minimum absolute atomic E-state index is 0.000301. The van der Waals surface area contributed by atoms with E-state index < -0.39 is 23.6 Å². The van der Waals surface area contributed by atoms with E-state index >= 15 is 0 Å². The third-order valence-electron chi connectivity index (χ3n) is 8.03. The van der Waals surface area contributed by atoms with E-state index in [9.17, 15) is 19.2 Å². The van der Waals surface area contributed by atoms with E-state index in [1.54, 1.807) is 45.0 Å². The van der Waals surface area contributed by atoms with Crippen molar-refractivity contribution in [2.75, 3.05) is 12.4 Å². The third kappa shape index (κ3) is 10.5. The number of anilines is 1. The number of pyridine rings is 1. The number of amidine groups is 1. The standard InChI is InChI=1S/C40H45N5O7/c1-24(39(2,3)4)43-35(46)26-14-17-30(32(20-26)37(48)51-23-25-12-10-9-11-13-25)29-18-16-28(50-8)21-31(29)36(47)44-27-15-19-33(42-22-27)34(41)45-38(49)52-40(5,6)7/h9-22,24H,23H2,1-8H3,(H,43,46)(H,44,47)(H2,41,45,49). The fourth-order valence-electron chi connectivity index (χ4n) is 4.74. The second kappa shape index (κ2) is 16.3. The summed E-state index contributed by atoms with van der Waals surface area (Å²) in [6.45, 7) is 13.1. The van der Waals surface area contributed by atoms with Gasteiger partial charge in [0.05, 0.1) is 30.1 Å². The van der Waals surface area contributed by atoms with Gasteiger partial charge in [0.2, 0.25) is 0 Å². The Bertz CT molecular complexity index is 1950. The van der Waals surface area contributed by atoms with Gasteiger partial charge in [0.1, 0.15) is 23.7 Å². The Morgan fingerprint density at radius 3 is 2.12 bits per heavy atom. The number of benzene rings is 3. The van der Waals surface area contributed by atoms with Crippen molar-refractivity contribution in [3.8, 4) is 16.9 Å². The van der Waals surface area contributed by atoms with Gasteiger partial charge in [0, 0.05) is 11.6 Å². The van der Waals surface area contributed by atoms with Crippen molar-refractivity contribution in [2.45, 2.75) is 66.7 Å².